The van der Waals surface area contributed by atoms with Gasteiger partial charge in [-0.3, -0.25) is 4.79 Å². The number of Topliss-reactive ketones (excluding diaryl/α,β-unsaturated/α-hetero) is 1. The Balaban J connectivity index is 0.00000136. The largest absolute Gasteiger partial charge is 0.484 e. The Morgan fingerprint density at radius 2 is 1.87 bits per heavy atom. The Morgan fingerprint density at radius 3 is 2.58 bits per heavy atom. The summed E-state index contributed by atoms with van der Waals surface area (Å²) in [6.07, 6.45) is 4.73. The molecule has 0 atom stereocenters. The molecule has 31 heavy (non-hydrogen) atoms. The van der Waals surface area contributed by atoms with Crippen LogP contribution in [0.15, 0.2) is 42.7 Å². The van der Waals surface area contributed by atoms with Crippen LogP contribution in [-0.2, 0) is 6.42 Å². The van der Waals surface area contributed by atoms with Gasteiger partial charge in [-0.15, -0.1) is 24.8 Å². The Labute approximate surface area is 193 Å². The van der Waals surface area contributed by atoms with Gasteiger partial charge >= 0.3 is 0 Å². The number of nitrogens with zero attached hydrogens (tertiary/aromatic N) is 3. The Hall–Kier alpha value is -2.59. The van der Waals surface area contributed by atoms with E-state index in [2.05, 4.69) is 20.9 Å². The van der Waals surface area contributed by atoms with Crippen molar-refractivity contribution < 1.29 is 9.53 Å². The van der Waals surface area contributed by atoms with E-state index in [0.29, 0.717) is 23.3 Å². The van der Waals surface area contributed by atoms with Crippen molar-refractivity contribution in [3.8, 4) is 11.8 Å². The molecule has 8 heteroatoms. The van der Waals surface area contributed by atoms with Gasteiger partial charge in [-0.2, -0.15) is 5.26 Å². The van der Waals surface area contributed by atoms with E-state index in [-0.39, 0.29) is 30.6 Å². The van der Waals surface area contributed by atoms with Crippen molar-refractivity contribution in [2.45, 2.75) is 31.3 Å². The minimum absolute atomic E-state index is 0. The molecule has 0 bridgehead atoms. The standard InChI is InChI=1S/C23H22N4O2.2ClH/c24-14-17-3-1-16(2-4-17)7-10-27-11-8-23(9-12-27)13-20(28)18-5-6-19-21(22(18)29-23)26-15-25-19;;/h1-6,15H,7-13H2,(H,25,26);2*1H. The molecule has 162 valence electrons. The molecule has 6 nitrogen and oxygen atoms in total. The summed E-state index contributed by atoms with van der Waals surface area (Å²) < 4.78 is 6.49. The van der Waals surface area contributed by atoms with Gasteiger partial charge in [0.15, 0.2) is 11.5 Å². The van der Waals surface area contributed by atoms with E-state index in [0.717, 1.165) is 49.9 Å². The molecule has 5 rings (SSSR count). The lowest BCUT2D eigenvalue weighted by Gasteiger charge is -2.44. The number of ketones is 1. The van der Waals surface area contributed by atoms with Crippen LogP contribution in [0, 0.1) is 11.3 Å². The van der Waals surface area contributed by atoms with Gasteiger partial charge < -0.3 is 14.6 Å². The molecule has 3 heterocycles. The number of hydrogen-bond acceptors (Lipinski definition) is 5. The van der Waals surface area contributed by atoms with Gasteiger partial charge in [0, 0.05) is 32.5 Å². The number of ether oxygens (including phenoxy) is 1. The van der Waals surface area contributed by atoms with E-state index in [1.165, 1.54) is 5.56 Å². The fourth-order valence-corrected chi connectivity index (χ4v) is 4.45. The van der Waals surface area contributed by atoms with Gasteiger partial charge in [-0.25, -0.2) is 4.98 Å². The minimum atomic E-state index is -0.408. The smallest absolute Gasteiger partial charge is 0.170 e. The SMILES string of the molecule is Cl.Cl.N#Cc1ccc(CCN2CCC3(CC2)CC(=O)c2ccc4nc[nH]c4c2O3)cc1. The summed E-state index contributed by atoms with van der Waals surface area (Å²) >= 11 is 0. The van der Waals surface area contributed by atoms with Crippen LogP contribution in [0.5, 0.6) is 5.75 Å². The Kier molecular flexibility index (Phi) is 6.90. The first-order chi connectivity index (χ1) is 14.2. The first-order valence-corrected chi connectivity index (χ1v) is 10.1. The van der Waals surface area contributed by atoms with Gasteiger partial charge in [0.1, 0.15) is 11.1 Å². The van der Waals surface area contributed by atoms with E-state index >= 15 is 0 Å². The molecule has 0 unspecified atom stereocenters. The van der Waals surface area contributed by atoms with Crippen molar-refractivity contribution in [3.63, 3.8) is 0 Å². The highest BCUT2D eigenvalue weighted by atomic mass is 35.5. The van der Waals surface area contributed by atoms with Gasteiger partial charge in [0.25, 0.3) is 0 Å². The molecule has 0 aliphatic carbocycles. The third-order valence-corrected chi connectivity index (χ3v) is 6.22. The molecule has 0 saturated carbocycles. The van der Waals surface area contributed by atoms with Crippen LogP contribution in [0.1, 0.15) is 40.7 Å². The van der Waals surface area contributed by atoms with Crippen molar-refractivity contribution in [1.29, 1.82) is 5.26 Å². The molecule has 2 aliphatic rings. The van der Waals surface area contributed by atoms with Crippen molar-refractivity contribution in [1.82, 2.24) is 14.9 Å². The molecule has 1 N–H and O–H groups in total. The average Bonchev–Trinajstić information content (AvgIpc) is 3.23. The summed E-state index contributed by atoms with van der Waals surface area (Å²) in [5.74, 6) is 0.830. The zero-order chi connectivity index (χ0) is 19.8. The topological polar surface area (TPSA) is 82.0 Å². The van der Waals surface area contributed by atoms with Crippen LogP contribution in [-0.4, -0.2) is 45.9 Å². The molecule has 1 saturated heterocycles. The number of aromatic nitrogens is 2. The van der Waals surface area contributed by atoms with Gasteiger partial charge in [-0.1, -0.05) is 12.1 Å². The number of halogens is 2. The van der Waals surface area contributed by atoms with Crippen LogP contribution in [0.3, 0.4) is 0 Å². The lowest BCUT2D eigenvalue weighted by atomic mass is 9.82. The summed E-state index contributed by atoms with van der Waals surface area (Å²) in [7, 11) is 0. The van der Waals surface area contributed by atoms with E-state index < -0.39 is 5.60 Å². The number of fused-ring (bicyclic) bond motifs is 3. The predicted molar refractivity (Wildman–Crippen MR) is 123 cm³/mol. The first kappa shape index (κ1) is 23.1. The monoisotopic (exact) mass is 458 g/mol. The summed E-state index contributed by atoms with van der Waals surface area (Å²) in [4.78, 5) is 22.7. The van der Waals surface area contributed by atoms with Gasteiger partial charge in [0.05, 0.1) is 35.5 Å². The van der Waals surface area contributed by atoms with E-state index in [4.69, 9.17) is 10.00 Å². The average molecular weight is 459 g/mol. The van der Waals surface area contributed by atoms with Crippen molar-refractivity contribution in [2.24, 2.45) is 0 Å². The van der Waals surface area contributed by atoms with Gasteiger partial charge in [0.2, 0.25) is 0 Å². The lowest BCUT2D eigenvalue weighted by molar-refractivity contribution is -0.00766. The highest BCUT2D eigenvalue weighted by molar-refractivity contribution is 6.05. The molecule has 2 aromatic carbocycles. The quantitative estimate of drug-likeness (QED) is 0.631. The number of hydrogen-bond donors (Lipinski definition) is 1. The number of nitrogens with one attached hydrogen (secondary N) is 1. The van der Waals surface area contributed by atoms with Crippen molar-refractivity contribution in [2.75, 3.05) is 19.6 Å². The van der Waals surface area contributed by atoms with Crippen molar-refractivity contribution in [3.05, 3.63) is 59.4 Å². The van der Waals surface area contributed by atoms with Crippen molar-refractivity contribution >= 4 is 41.6 Å². The fourth-order valence-electron chi connectivity index (χ4n) is 4.45. The maximum Gasteiger partial charge on any atom is 0.170 e. The highest BCUT2D eigenvalue weighted by Crippen LogP contribution is 2.42. The second-order valence-corrected chi connectivity index (χ2v) is 8.02. The number of likely N-dealkylation sites (tertiary alicyclic amines) is 1. The Bertz CT molecular complexity index is 1110. The molecular formula is C23H24Cl2N4O2. The number of carbonyl (C=O) groups excluding carboxylic acids is 1. The molecule has 1 fully saturated rings. The van der Waals surface area contributed by atoms with Gasteiger partial charge in [-0.05, 0) is 36.2 Å². The van der Waals surface area contributed by atoms with E-state index in [1.54, 1.807) is 6.33 Å². The van der Waals surface area contributed by atoms with E-state index in [9.17, 15) is 4.79 Å². The van der Waals surface area contributed by atoms with Crippen LogP contribution >= 0.6 is 24.8 Å². The fraction of sp³-hybridized carbons (Fsp3) is 0.348. The summed E-state index contributed by atoms with van der Waals surface area (Å²) in [6, 6.07) is 13.7. The minimum Gasteiger partial charge on any atom is -0.484 e. The number of rotatable bonds is 3. The molecule has 0 radical (unpaired) electrons. The number of imidazole rings is 1. The lowest BCUT2D eigenvalue weighted by Crippen LogP contribution is -2.51. The molecular weight excluding hydrogens is 435 g/mol. The highest BCUT2D eigenvalue weighted by Gasteiger charge is 2.43. The van der Waals surface area contributed by atoms with E-state index in [1.807, 2.05) is 36.4 Å². The zero-order valence-electron chi connectivity index (χ0n) is 17.0. The number of nitriles is 1. The molecule has 2 aliphatic heterocycles. The second-order valence-electron chi connectivity index (χ2n) is 8.02. The van der Waals surface area contributed by atoms with Crippen LogP contribution < -0.4 is 4.74 Å². The third kappa shape index (κ3) is 4.40. The number of aromatic amines is 1. The maximum absolute atomic E-state index is 12.8. The number of piperidine rings is 1. The third-order valence-electron chi connectivity index (χ3n) is 6.22. The van der Waals surface area contributed by atoms with Crippen LogP contribution in [0.4, 0.5) is 0 Å². The summed E-state index contributed by atoms with van der Waals surface area (Å²) in [6.45, 7) is 2.80. The van der Waals surface area contributed by atoms with Crippen LogP contribution in [0.25, 0.3) is 11.0 Å². The number of benzene rings is 2. The number of carbonyl (C=O) groups is 1. The molecule has 0 amide bonds. The summed E-state index contributed by atoms with van der Waals surface area (Å²) in [5.41, 5.74) is 3.83. The predicted octanol–water partition coefficient (Wildman–Crippen LogP) is 4.32. The zero-order valence-corrected chi connectivity index (χ0v) is 18.6. The molecule has 3 aromatic rings. The van der Waals surface area contributed by atoms with Crippen LogP contribution in [0.2, 0.25) is 0 Å². The normalized spacial score (nSPS) is 17.2. The molecule has 1 aromatic heterocycles. The second kappa shape index (κ2) is 9.27. The number of H-pyrrole nitrogens is 1. The summed E-state index contributed by atoms with van der Waals surface area (Å²) in [5, 5.41) is 8.91. The molecule has 1 spiro atoms. The Morgan fingerprint density at radius 1 is 1.13 bits per heavy atom. The maximum atomic E-state index is 12.8. The first-order valence-electron chi connectivity index (χ1n) is 10.1.